The molecule has 1 heterocycles. The minimum atomic E-state index is -1.52. The van der Waals surface area contributed by atoms with Gasteiger partial charge in [-0.15, -0.1) is 0 Å². The van der Waals surface area contributed by atoms with Gasteiger partial charge in [-0.1, -0.05) is 41.5 Å². The predicted molar refractivity (Wildman–Crippen MR) is 103 cm³/mol. The summed E-state index contributed by atoms with van der Waals surface area (Å²) < 4.78 is 17.8. The van der Waals surface area contributed by atoms with Gasteiger partial charge in [-0.05, 0) is 23.2 Å². The molecular weight excluding hydrogens is 354 g/mol. The normalized spacial score (nSPS) is 24.8. The number of ether oxygens (including phenoxy) is 1. The van der Waals surface area contributed by atoms with E-state index in [1.165, 1.54) is 6.92 Å². The maximum atomic E-state index is 11.9. The number of carbonyl (C=O) groups excluding carboxylic acids is 2. The second kappa shape index (κ2) is 8.32. The van der Waals surface area contributed by atoms with Crippen LogP contribution in [-0.4, -0.2) is 42.5 Å². The van der Waals surface area contributed by atoms with Crippen LogP contribution in [-0.2, 0) is 23.2 Å². The van der Waals surface area contributed by atoms with Crippen LogP contribution in [0.4, 0.5) is 0 Å². The number of hydrogen-bond donors (Lipinski definition) is 1. The fourth-order valence-corrected chi connectivity index (χ4v) is 4.33. The minimum absolute atomic E-state index is 0.102. The summed E-state index contributed by atoms with van der Waals surface area (Å²) >= 11 is 0. The van der Waals surface area contributed by atoms with Crippen molar-refractivity contribution in [3.05, 3.63) is 0 Å². The number of β-lactam (4-membered cyclic amide) rings is 1. The second-order valence-corrected chi connectivity index (χ2v) is 15.7. The summed E-state index contributed by atoms with van der Waals surface area (Å²) in [6.07, 6.45) is -0.571. The zero-order valence-corrected chi connectivity index (χ0v) is 19.4. The zero-order valence-electron chi connectivity index (χ0n) is 17.1. The van der Waals surface area contributed by atoms with E-state index in [-0.39, 0.29) is 16.0 Å². The van der Waals surface area contributed by atoms with Gasteiger partial charge >= 0.3 is 5.97 Å². The van der Waals surface area contributed by atoms with Gasteiger partial charge in [-0.2, -0.15) is 0 Å². The van der Waals surface area contributed by atoms with Crippen LogP contribution in [0.1, 0.15) is 54.9 Å². The van der Waals surface area contributed by atoms with Crippen molar-refractivity contribution in [2.75, 3.05) is 0 Å². The smallest absolute Gasteiger partial charge is 0.304 e. The van der Waals surface area contributed by atoms with Crippen LogP contribution in [0.25, 0.3) is 0 Å². The van der Waals surface area contributed by atoms with Crippen LogP contribution in [0.3, 0.4) is 0 Å². The maximum Gasteiger partial charge on any atom is 0.304 e. The quantitative estimate of drug-likeness (QED) is 0.314. The zero-order chi connectivity index (χ0) is 19.6. The van der Waals surface area contributed by atoms with E-state index in [0.717, 1.165) is 0 Å². The van der Waals surface area contributed by atoms with Gasteiger partial charge in [-0.3, -0.25) is 9.59 Å². The minimum Gasteiger partial charge on any atom is -0.441 e. The van der Waals surface area contributed by atoms with Gasteiger partial charge in [-0.25, -0.2) is 0 Å². The van der Waals surface area contributed by atoms with E-state index < -0.39 is 42.5 Å². The van der Waals surface area contributed by atoms with E-state index in [1.807, 2.05) is 0 Å². The molecule has 3 unspecified atom stereocenters. The average Bonchev–Trinajstić information content (AvgIpc) is 2.41. The molecule has 146 valence electrons. The molecule has 0 spiro atoms. The van der Waals surface area contributed by atoms with Gasteiger partial charge in [0, 0.05) is 13.3 Å². The summed E-state index contributed by atoms with van der Waals surface area (Å²) in [4.78, 5) is 23.1. The molecule has 0 bridgehead atoms. The Balaban J connectivity index is 2.83. The Labute approximate surface area is 155 Å². The molecule has 1 fully saturated rings. The Morgan fingerprint density at radius 3 is 1.84 bits per heavy atom. The molecule has 1 saturated heterocycles. The Kier molecular flexibility index (Phi) is 7.44. The second-order valence-electron chi connectivity index (χ2n) is 9.10. The van der Waals surface area contributed by atoms with Crippen molar-refractivity contribution in [1.29, 1.82) is 0 Å². The van der Waals surface area contributed by atoms with Gasteiger partial charge in [0.1, 0.15) is 6.29 Å². The summed E-state index contributed by atoms with van der Waals surface area (Å²) in [5.74, 6) is -0.918. The van der Waals surface area contributed by atoms with Crippen molar-refractivity contribution in [2.45, 2.75) is 90.6 Å². The first kappa shape index (κ1) is 22.3. The van der Waals surface area contributed by atoms with E-state index in [2.05, 4.69) is 60.0 Å². The Morgan fingerprint density at radius 2 is 1.52 bits per heavy atom. The molecule has 0 radical (unpaired) electrons. The van der Waals surface area contributed by atoms with E-state index >= 15 is 0 Å². The van der Waals surface area contributed by atoms with Crippen molar-refractivity contribution in [3.63, 3.8) is 0 Å². The van der Waals surface area contributed by atoms with Gasteiger partial charge < -0.3 is 18.9 Å². The van der Waals surface area contributed by atoms with E-state index in [9.17, 15) is 9.59 Å². The number of nitrogens with one attached hydrogen (secondary N) is 1. The Bertz CT molecular complexity index is 464. The van der Waals surface area contributed by atoms with E-state index in [1.54, 1.807) is 0 Å². The summed E-state index contributed by atoms with van der Waals surface area (Å²) in [5, 5.41) is 2.83. The van der Waals surface area contributed by atoms with Crippen molar-refractivity contribution in [3.8, 4) is 0 Å². The molecule has 1 N–H and O–H groups in total. The highest BCUT2D eigenvalue weighted by Crippen LogP contribution is 2.33. The molecular formula is C17H35NO5Si2. The molecule has 0 aromatic rings. The standard InChI is InChI=1S/C17H35NO5Si2/c1-11(19)21-15-12(14(20)18-15)10-13(22-24(8)16(2,3)4)23-25(9)17(5,6)7/h12-13,15,24-25H,10H2,1-9H3,(H,18,20)/t12?,13?,15-,24?,25?/m1/s1. The lowest BCUT2D eigenvalue weighted by Crippen LogP contribution is -2.61. The number of amides is 1. The SMILES string of the molecule is CC(=O)O[C@H]1NC(=O)C1CC(O[SiH](C)C(C)(C)C)O[SiH](C)C(C)(C)C. The van der Waals surface area contributed by atoms with Crippen LogP contribution < -0.4 is 5.32 Å². The first-order valence-electron chi connectivity index (χ1n) is 9.00. The van der Waals surface area contributed by atoms with E-state index in [0.29, 0.717) is 6.42 Å². The molecule has 0 aromatic carbocycles. The fourth-order valence-electron chi connectivity index (χ4n) is 2.12. The first-order valence-corrected chi connectivity index (χ1v) is 13.4. The summed E-state index contributed by atoms with van der Waals surface area (Å²) in [5.41, 5.74) is 0. The lowest BCUT2D eigenvalue weighted by Gasteiger charge is -2.40. The third-order valence-corrected chi connectivity index (χ3v) is 11.2. The summed E-state index contributed by atoms with van der Waals surface area (Å²) in [6, 6.07) is 0. The highest BCUT2D eigenvalue weighted by Gasteiger charge is 2.44. The topological polar surface area (TPSA) is 73.9 Å². The monoisotopic (exact) mass is 389 g/mol. The Hall–Kier alpha value is -0.706. The molecule has 0 aliphatic carbocycles. The Morgan fingerprint density at radius 1 is 1.08 bits per heavy atom. The van der Waals surface area contributed by atoms with Crippen molar-refractivity contribution in [1.82, 2.24) is 5.32 Å². The molecule has 4 atom stereocenters. The highest BCUT2D eigenvalue weighted by atomic mass is 28.3. The largest absolute Gasteiger partial charge is 0.441 e. The van der Waals surface area contributed by atoms with E-state index in [4.69, 9.17) is 13.6 Å². The molecule has 1 aliphatic rings. The molecule has 0 aromatic heterocycles. The number of carbonyl (C=O) groups is 2. The van der Waals surface area contributed by atoms with Crippen molar-refractivity contribution in [2.24, 2.45) is 5.92 Å². The number of hydrogen-bond acceptors (Lipinski definition) is 5. The van der Waals surface area contributed by atoms with Crippen molar-refractivity contribution < 1.29 is 23.2 Å². The highest BCUT2D eigenvalue weighted by molar-refractivity contribution is 6.55. The molecule has 8 heteroatoms. The lowest BCUT2D eigenvalue weighted by molar-refractivity contribution is -0.172. The number of rotatable bonds is 7. The van der Waals surface area contributed by atoms with Gasteiger partial charge in [0.2, 0.25) is 5.91 Å². The van der Waals surface area contributed by atoms with Crippen LogP contribution in [0.2, 0.25) is 23.2 Å². The van der Waals surface area contributed by atoms with Crippen LogP contribution >= 0.6 is 0 Å². The molecule has 1 aliphatic heterocycles. The van der Waals surface area contributed by atoms with Crippen LogP contribution in [0.5, 0.6) is 0 Å². The van der Waals surface area contributed by atoms with Crippen LogP contribution in [0.15, 0.2) is 0 Å². The lowest BCUT2D eigenvalue weighted by atomic mass is 9.95. The van der Waals surface area contributed by atoms with Gasteiger partial charge in [0.15, 0.2) is 24.3 Å². The molecule has 25 heavy (non-hydrogen) atoms. The number of esters is 1. The molecule has 1 rings (SSSR count). The van der Waals surface area contributed by atoms with Gasteiger partial charge in [0.25, 0.3) is 0 Å². The van der Waals surface area contributed by atoms with Gasteiger partial charge in [0.05, 0.1) is 5.92 Å². The summed E-state index contributed by atoms with van der Waals surface area (Å²) in [6.45, 7) is 18.7. The molecule has 0 saturated carbocycles. The third kappa shape index (κ3) is 6.84. The fraction of sp³-hybridized carbons (Fsp3) is 0.882. The van der Waals surface area contributed by atoms with Crippen LogP contribution in [0, 0.1) is 5.92 Å². The first-order chi connectivity index (χ1) is 11.2. The molecule has 6 nitrogen and oxygen atoms in total. The molecule has 1 amide bonds. The average molecular weight is 390 g/mol. The maximum absolute atomic E-state index is 11.9. The predicted octanol–water partition coefficient (Wildman–Crippen LogP) is 2.68. The third-order valence-electron chi connectivity index (χ3n) is 4.88. The summed E-state index contributed by atoms with van der Waals surface area (Å²) in [7, 11) is -3.04. The van der Waals surface area contributed by atoms with Crippen molar-refractivity contribution >= 4 is 30.0 Å².